The van der Waals surface area contributed by atoms with Crippen molar-refractivity contribution in [2.24, 2.45) is 5.92 Å². The Bertz CT molecular complexity index is 750. The summed E-state index contributed by atoms with van der Waals surface area (Å²) in [4.78, 5) is 18.7. The van der Waals surface area contributed by atoms with E-state index in [2.05, 4.69) is 38.2 Å². The van der Waals surface area contributed by atoms with E-state index in [0.29, 0.717) is 11.6 Å². The monoisotopic (exact) mass is 391 g/mol. The van der Waals surface area contributed by atoms with Crippen molar-refractivity contribution in [3.8, 4) is 0 Å². The molecule has 2 heterocycles. The van der Waals surface area contributed by atoms with Gasteiger partial charge in [-0.15, -0.1) is 0 Å². The maximum absolute atomic E-state index is 11.9. The molecule has 5 nitrogen and oxygen atoms in total. The molecule has 2 aromatic rings. The highest BCUT2D eigenvalue weighted by Gasteiger charge is 2.18. The lowest BCUT2D eigenvalue weighted by Crippen LogP contribution is -2.35. The van der Waals surface area contributed by atoms with Crippen LogP contribution in [0.15, 0.2) is 28.7 Å². The van der Waals surface area contributed by atoms with Gasteiger partial charge in [-0.3, -0.25) is 0 Å². The van der Waals surface area contributed by atoms with E-state index in [4.69, 9.17) is 4.74 Å². The molecule has 0 aliphatic carbocycles. The zero-order valence-electron chi connectivity index (χ0n) is 14.0. The number of methoxy groups -OCH3 is 1. The van der Waals surface area contributed by atoms with Crippen molar-refractivity contribution >= 4 is 38.5 Å². The van der Waals surface area contributed by atoms with Gasteiger partial charge in [0.25, 0.3) is 0 Å². The van der Waals surface area contributed by atoms with Crippen LogP contribution in [0.3, 0.4) is 0 Å². The number of hydrogen-bond acceptors (Lipinski definition) is 5. The largest absolute Gasteiger partial charge is 0.464 e. The van der Waals surface area contributed by atoms with Crippen LogP contribution in [-0.4, -0.2) is 49.6 Å². The minimum absolute atomic E-state index is 0.329. The smallest absolute Gasteiger partial charge is 0.356 e. The van der Waals surface area contributed by atoms with Crippen LogP contribution in [0, 0.1) is 5.92 Å². The number of rotatable bonds is 4. The zero-order valence-corrected chi connectivity index (χ0v) is 15.6. The molecular weight excluding hydrogens is 370 g/mol. The number of pyridine rings is 1. The minimum Gasteiger partial charge on any atom is -0.464 e. The van der Waals surface area contributed by atoms with E-state index < -0.39 is 5.97 Å². The fourth-order valence-corrected chi connectivity index (χ4v) is 3.61. The average molecular weight is 392 g/mol. The summed E-state index contributed by atoms with van der Waals surface area (Å²) in [5.74, 6) is 0.195. The molecule has 1 aliphatic rings. The van der Waals surface area contributed by atoms with E-state index in [1.54, 1.807) is 6.07 Å². The Morgan fingerprint density at radius 1 is 1.46 bits per heavy atom. The highest BCUT2D eigenvalue weighted by atomic mass is 79.9. The lowest BCUT2D eigenvalue weighted by atomic mass is 9.98. The first kappa shape index (κ1) is 17.2. The van der Waals surface area contributed by atoms with Crippen LogP contribution in [0.1, 0.15) is 23.3 Å². The number of anilines is 1. The second kappa shape index (κ2) is 7.49. The van der Waals surface area contributed by atoms with Crippen molar-refractivity contribution in [3.05, 3.63) is 34.4 Å². The summed E-state index contributed by atoms with van der Waals surface area (Å²) >= 11 is 3.51. The maximum Gasteiger partial charge on any atom is 0.356 e. The van der Waals surface area contributed by atoms with Gasteiger partial charge in [-0.2, -0.15) is 0 Å². The first-order valence-electron chi connectivity index (χ1n) is 8.18. The van der Waals surface area contributed by atoms with Crippen molar-refractivity contribution in [2.75, 3.05) is 39.1 Å². The van der Waals surface area contributed by atoms with Gasteiger partial charge in [-0.05, 0) is 56.6 Å². The third-order valence-corrected chi connectivity index (χ3v) is 4.96. The number of nitrogens with zero attached hydrogens (tertiary/aromatic N) is 2. The van der Waals surface area contributed by atoms with Crippen LogP contribution in [0.5, 0.6) is 0 Å². The summed E-state index contributed by atoms with van der Waals surface area (Å²) in [6.07, 6.45) is 2.47. The predicted molar refractivity (Wildman–Crippen MR) is 99.5 cm³/mol. The molecular formula is C18H22BrN3O2. The first-order chi connectivity index (χ1) is 11.6. The fourth-order valence-electron chi connectivity index (χ4n) is 3.25. The minimum atomic E-state index is -0.416. The van der Waals surface area contributed by atoms with E-state index >= 15 is 0 Å². The van der Waals surface area contributed by atoms with Gasteiger partial charge in [0, 0.05) is 28.6 Å². The van der Waals surface area contributed by atoms with Gasteiger partial charge >= 0.3 is 5.97 Å². The van der Waals surface area contributed by atoms with Crippen LogP contribution >= 0.6 is 15.9 Å². The van der Waals surface area contributed by atoms with E-state index in [1.807, 2.05) is 18.2 Å². The molecule has 1 atom stereocenters. The lowest BCUT2D eigenvalue weighted by Gasteiger charge is -2.30. The normalized spacial score (nSPS) is 18.5. The van der Waals surface area contributed by atoms with Crippen LogP contribution in [0.4, 0.5) is 5.69 Å². The van der Waals surface area contributed by atoms with Crippen molar-refractivity contribution in [1.82, 2.24) is 9.88 Å². The number of halogens is 1. The predicted octanol–water partition coefficient (Wildman–Crippen LogP) is 3.54. The molecule has 1 unspecified atom stereocenters. The number of ether oxygens (including phenoxy) is 1. The highest BCUT2D eigenvalue weighted by molar-refractivity contribution is 9.10. The van der Waals surface area contributed by atoms with Crippen molar-refractivity contribution in [2.45, 2.75) is 12.8 Å². The molecule has 1 N–H and O–H groups in total. The number of nitrogens with one attached hydrogen (secondary N) is 1. The molecule has 0 radical (unpaired) electrons. The molecule has 24 heavy (non-hydrogen) atoms. The van der Waals surface area contributed by atoms with Gasteiger partial charge in [0.05, 0.1) is 12.6 Å². The Morgan fingerprint density at radius 3 is 3.04 bits per heavy atom. The summed E-state index contributed by atoms with van der Waals surface area (Å²) in [6.45, 7) is 3.16. The van der Waals surface area contributed by atoms with E-state index in [0.717, 1.165) is 34.2 Å². The summed E-state index contributed by atoms with van der Waals surface area (Å²) < 4.78 is 5.82. The molecule has 1 aliphatic heterocycles. The summed E-state index contributed by atoms with van der Waals surface area (Å²) in [7, 11) is 3.54. The third kappa shape index (κ3) is 3.87. The second-order valence-electron chi connectivity index (χ2n) is 6.36. The van der Waals surface area contributed by atoms with Crippen LogP contribution < -0.4 is 5.32 Å². The molecule has 0 bridgehead atoms. The average Bonchev–Trinajstić information content (AvgIpc) is 2.59. The summed E-state index contributed by atoms with van der Waals surface area (Å²) in [5.41, 5.74) is 2.04. The Kier molecular flexibility index (Phi) is 5.36. The Labute approximate surface area is 150 Å². The van der Waals surface area contributed by atoms with Gasteiger partial charge in [-0.25, -0.2) is 9.78 Å². The number of esters is 1. The molecule has 6 heteroatoms. The molecule has 1 fully saturated rings. The molecule has 128 valence electrons. The van der Waals surface area contributed by atoms with Gasteiger partial charge in [0.2, 0.25) is 0 Å². The molecule has 1 aromatic heterocycles. The molecule has 3 rings (SSSR count). The molecule has 0 saturated carbocycles. The summed E-state index contributed by atoms with van der Waals surface area (Å²) in [5, 5.41) is 4.53. The first-order valence-corrected chi connectivity index (χ1v) is 8.97. The molecule has 0 spiro atoms. The zero-order chi connectivity index (χ0) is 17.1. The molecule has 0 amide bonds. The van der Waals surface area contributed by atoms with Crippen LogP contribution in [0.2, 0.25) is 0 Å². The standard InChI is InChI=1S/C18H22BrN3O2/c1-22-7-3-4-12(11-22)10-20-16-9-17(18(23)24-2)21-15-6-5-13(19)8-14(15)16/h5-6,8-9,12H,3-4,7,10-11H2,1-2H3,(H,20,21). The number of fused-ring (bicyclic) bond motifs is 1. The quantitative estimate of drug-likeness (QED) is 0.807. The van der Waals surface area contributed by atoms with Crippen molar-refractivity contribution in [3.63, 3.8) is 0 Å². The Hall–Kier alpha value is -1.66. The fraction of sp³-hybridized carbons (Fsp3) is 0.444. The van der Waals surface area contributed by atoms with Gasteiger partial charge < -0.3 is 15.0 Å². The summed E-state index contributed by atoms with van der Waals surface area (Å²) in [6, 6.07) is 7.65. The topological polar surface area (TPSA) is 54.5 Å². The number of carbonyl (C=O) groups is 1. The Balaban J connectivity index is 1.89. The third-order valence-electron chi connectivity index (χ3n) is 4.47. The van der Waals surface area contributed by atoms with Gasteiger partial charge in [0.1, 0.15) is 0 Å². The molecule has 1 aromatic carbocycles. The molecule has 1 saturated heterocycles. The van der Waals surface area contributed by atoms with Gasteiger partial charge in [0.15, 0.2) is 5.69 Å². The number of carbonyl (C=O) groups excluding carboxylic acids is 1. The number of hydrogen-bond donors (Lipinski definition) is 1. The highest BCUT2D eigenvalue weighted by Crippen LogP contribution is 2.27. The number of likely N-dealkylation sites (tertiary alicyclic amines) is 1. The SMILES string of the molecule is COC(=O)c1cc(NCC2CCCN(C)C2)c2cc(Br)ccc2n1. The van der Waals surface area contributed by atoms with Crippen molar-refractivity contribution < 1.29 is 9.53 Å². The number of piperidine rings is 1. The van der Waals surface area contributed by atoms with E-state index in [9.17, 15) is 4.79 Å². The van der Waals surface area contributed by atoms with Crippen molar-refractivity contribution in [1.29, 1.82) is 0 Å². The second-order valence-corrected chi connectivity index (χ2v) is 7.28. The maximum atomic E-state index is 11.9. The lowest BCUT2D eigenvalue weighted by molar-refractivity contribution is 0.0594. The van der Waals surface area contributed by atoms with Gasteiger partial charge in [-0.1, -0.05) is 15.9 Å². The number of benzene rings is 1. The van der Waals surface area contributed by atoms with Crippen LogP contribution in [-0.2, 0) is 4.74 Å². The van der Waals surface area contributed by atoms with E-state index in [-0.39, 0.29) is 0 Å². The van der Waals surface area contributed by atoms with Crippen LogP contribution in [0.25, 0.3) is 10.9 Å². The Morgan fingerprint density at radius 2 is 2.29 bits per heavy atom. The van der Waals surface area contributed by atoms with E-state index in [1.165, 1.54) is 26.5 Å². The number of aromatic nitrogens is 1.